The van der Waals surface area contributed by atoms with E-state index in [-0.39, 0.29) is 16.2 Å². The van der Waals surface area contributed by atoms with Crippen LogP contribution in [0, 0.1) is 0 Å². The number of aromatic nitrogens is 3. The standard InChI is InChI=1S/C50H34N2S.C48H34N2.C44H32N2/c1-50(44-19-9-5-15-38(44)39-16-6-10-20-45(39)50)33-23-25-35(26-24-33)51(37-27-29-42-41-18-8-12-22-48(41)53-49(42)32-37)36-28-30-47-43(31-36)40-17-7-11-21-46(40)52(47)34-13-3-2-4-14-34;1-48(44-23-10-7-20-40(44)41-21-8-11-24-45(41)48)35-16-13-19-37(31-35)49(38-27-26-33-14-5-6-15-34(33)30-38)39-28-29-47-43(32-39)42-22-9-12-25-46(42)50(47)36-17-3-2-4-18-36;1-44(40-24-11-8-21-36(40)37-22-9-12-25-41(37)44)31-15-14-20-34(29-31)45(32-16-4-2-5-17-32)35-27-28-43-39(30-35)38-23-10-13-26-42(38)46(43)33-18-6-3-7-19-33/h2-32H,1H3;2-32H,1H3;2-30H,1H3. The van der Waals surface area contributed by atoms with Crippen LogP contribution in [0.2, 0.25) is 0 Å². The molecule has 0 atom stereocenters. The van der Waals surface area contributed by atoms with E-state index in [0.29, 0.717) is 0 Å². The summed E-state index contributed by atoms with van der Waals surface area (Å²) in [5.41, 5.74) is 40.0. The number of thiophene rings is 1. The largest absolute Gasteiger partial charge is 0.310 e. The Labute approximate surface area is 870 Å². The van der Waals surface area contributed by atoms with Crippen LogP contribution in [0.15, 0.2) is 552 Å². The first-order chi connectivity index (χ1) is 73.6. The zero-order valence-corrected chi connectivity index (χ0v) is 83.4. The molecule has 704 valence electrons. The smallest absolute Gasteiger partial charge is 0.0542 e. The third-order valence-electron chi connectivity index (χ3n) is 32.1. The summed E-state index contributed by atoms with van der Waals surface area (Å²) in [7, 11) is 0. The maximum atomic E-state index is 2.43. The molecular formula is C142H100N6S. The molecule has 7 heteroatoms. The van der Waals surface area contributed by atoms with Crippen molar-refractivity contribution in [2.75, 3.05) is 14.7 Å². The molecule has 4 aromatic heterocycles. The summed E-state index contributed by atoms with van der Waals surface area (Å²) in [6, 6.07) is 202. The molecule has 0 fully saturated rings. The van der Waals surface area contributed by atoms with E-state index in [2.05, 4.69) is 601 Å². The normalized spacial score (nSPS) is 13.1. The lowest BCUT2D eigenvalue weighted by Gasteiger charge is -2.31. The molecule has 30 rings (SSSR count). The van der Waals surface area contributed by atoms with Crippen molar-refractivity contribution in [2.24, 2.45) is 0 Å². The highest BCUT2D eigenvalue weighted by Gasteiger charge is 2.44. The Bertz CT molecular complexity index is 9800. The third kappa shape index (κ3) is 14.3. The van der Waals surface area contributed by atoms with Crippen LogP contribution in [0.1, 0.15) is 70.8 Å². The molecule has 0 radical (unpaired) electrons. The minimum absolute atomic E-state index is 0.245. The molecule has 3 aliphatic carbocycles. The molecule has 0 unspecified atom stereocenters. The molecule has 0 bridgehead atoms. The van der Waals surface area contributed by atoms with Crippen LogP contribution in [0.25, 0.3) is 147 Å². The fourth-order valence-corrected chi connectivity index (χ4v) is 26.2. The second-order valence-electron chi connectivity index (χ2n) is 40.1. The number of benzene rings is 23. The lowest BCUT2D eigenvalue weighted by Crippen LogP contribution is -2.23. The van der Waals surface area contributed by atoms with Crippen LogP contribution in [0.5, 0.6) is 0 Å². The number of para-hydroxylation sites is 7. The van der Waals surface area contributed by atoms with E-state index in [4.69, 9.17) is 0 Å². The average Bonchev–Trinajstić information content (AvgIpc) is 1.56. The number of nitrogens with zero attached hydrogens (tertiary/aromatic N) is 6. The topological polar surface area (TPSA) is 24.5 Å². The molecule has 0 aliphatic heterocycles. The van der Waals surface area contributed by atoms with Crippen molar-refractivity contribution < 1.29 is 0 Å². The zero-order chi connectivity index (χ0) is 99.0. The van der Waals surface area contributed by atoms with Gasteiger partial charge in [-0.2, -0.15) is 0 Å². The molecule has 4 heterocycles. The van der Waals surface area contributed by atoms with Crippen LogP contribution in [0.4, 0.5) is 51.2 Å². The van der Waals surface area contributed by atoms with Crippen molar-refractivity contribution in [3.63, 3.8) is 0 Å². The molecule has 149 heavy (non-hydrogen) atoms. The molecule has 0 N–H and O–H groups in total. The number of hydrogen-bond acceptors (Lipinski definition) is 4. The van der Waals surface area contributed by atoms with Crippen LogP contribution >= 0.6 is 11.3 Å². The summed E-state index contributed by atoms with van der Waals surface area (Å²) < 4.78 is 9.74. The van der Waals surface area contributed by atoms with Crippen LogP contribution in [0.3, 0.4) is 0 Å². The third-order valence-corrected chi connectivity index (χ3v) is 33.3. The Morgan fingerprint density at radius 1 is 0.161 bits per heavy atom. The van der Waals surface area contributed by atoms with E-state index in [1.54, 1.807) is 0 Å². The zero-order valence-electron chi connectivity index (χ0n) is 82.6. The van der Waals surface area contributed by atoms with E-state index < -0.39 is 0 Å². The first-order valence-corrected chi connectivity index (χ1v) is 52.4. The summed E-state index contributed by atoms with van der Waals surface area (Å²) in [5.74, 6) is 0. The second kappa shape index (κ2) is 35.7. The van der Waals surface area contributed by atoms with Gasteiger partial charge in [0.2, 0.25) is 0 Å². The molecule has 6 nitrogen and oxygen atoms in total. The van der Waals surface area contributed by atoms with E-state index in [1.165, 1.54) is 186 Å². The Hall–Kier alpha value is -18.7. The van der Waals surface area contributed by atoms with Gasteiger partial charge in [0.15, 0.2) is 0 Å². The van der Waals surface area contributed by atoms with Crippen molar-refractivity contribution >= 4 is 159 Å². The molecule has 0 saturated carbocycles. The predicted octanol–water partition coefficient (Wildman–Crippen LogP) is 38.3. The summed E-state index contributed by atoms with van der Waals surface area (Å²) in [5, 5.41) is 12.5. The maximum Gasteiger partial charge on any atom is 0.0542 e. The van der Waals surface area contributed by atoms with E-state index in [1.807, 2.05) is 11.3 Å². The molecule has 0 spiro atoms. The Morgan fingerprint density at radius 2 is 0.430 bits per heavy atom. The van der Waals surface area contributed by atoms with Gasteiger partial charge in [-0.1, -0.05) is 364 Å². The van der Waals surface area contributed by atoms with Gasteiger partial charge < -0.3 is 28.4 Å². The number of anilines is 9. The fraction of sp³-hybridized carbons (Fsp3) is 0.0423. The summed E-state index contributed by atoms with van der Waals surface area (Å²) >= 11 is 1.86. The first kappa shape index (κ1) is 88.1. The van der Waals surface area contributed by atoms with Crippen molar-refractivity contribution in [1.29, 1.82) is 0 Å². The quantitative estimate of drug-likeness (QED) is 0.102. The summed E-state index contributed by atoms with van der Waals surface area (Å²) in [6.45, 7) is 7.16. The van der Waals surface area contributed by atoms with Gasteiger partial charge in [0, 0.05) is 137 Å². The van der Waals surface area contributed by atoms with Gasteiger partial charge in [-0.15, -0.1) is 11.3 Å². The van der Waals surface area contributed by atoms with Crippen LogP contribution in [-0.4, -0.2) is 13.7 Å². The van der Waals surface area contributed by atoms with Gasteiger partial charge in [0.05, 0.1) is 33.1 Å². The molecule has 0 saturated heterocycles. The Kier molecular flexibility index (Phi) is 21.1. The van der Waals surface area contributed by atoms with Gasteiger partial charge in [-0.3, -0.25) is 0 Å². The lowest BCUT2D eigenvalue weighted by atomic mass is 9.74. The Morgan fingerprint density at radius 3 is 0.839 bits per heavy atom. The van der Waals surface area contributed by atoms with Crippen molar-refractivity contribution in [3.05, 3.63) is 602 Å². The minimum Gasteiger partial charge on any atom is -0.310 e. The molecule has 23 aromatic carbocycles. The fourth-order valence-electron chi connectivity index (χ4n) is 25.1. The van der Waals surface area contributed by atoms with Crippen LogP contribution < -0.4 is 14.7 Å². The van der Waals surface area contributed by atoms with Gasteiger partial charge >= 0.3 is 0 Å². The van der Waals surface area contributed by atoms with Gasteiger partial charge in [-0.05, 0) is 303 Å². The average molecular weight is 1920 g/mol. The number of rotatable bonds is 15. The maximum absolute atomic E-state index is 2.43. The highest BCUT2D eigenvalue weighted by molar-refractivity contribution is 7.25. The van der Waals surface area contributed by atoms with Crippen LogP contribution in [-0.2, 0) is 16.2 Å². The second-order valence-corrected chi connectivity index (χ2v) is 41.2. The van der Waals surface area contributed by atoms with Gasteiger partial charge in [-0.25, -0.2) is 0 Å². The van der Waals surface area contributed by atoms with Crippen molar-refractivity contribution in [1.82, 2.24) is 13.7 Å². The number of fused-ring (bicyclic) bond motifs is 22. The lowest BCUT2D eigenvalue weighted by molar-refractivity contribution is 0.714. The Balaban J connectivity index is 0.000000108. The van der Waals surface area contributed by atoms with Crippen molar-refractivity contribution in [2.45, 2.75) is 37.0 Å². The van der Waals surface area contributed by atoms with Crippen molar-refractivity contribution in [3.8, 4) is 50.4 Å². The minimum atomic E-state index is -0.286. The predicted molar refractivity (Wildman–Crippen MR) is 629 cm³/mol. The number of hydrogen-bond donors (Lipinski definition) is 0. The molecule has 0 amide bonds. The summed E-state index contributed by atoms with van der Waals surface area (Å²) in [6.07, 6.45) is 0. The monoisotopic (exact) mass is 1920 g/mol. The highest BCUT2D eigenvalue weighted by atomic mass is 32.1. The van der Waals surface area contributed by atoms with Gasteiger partial charge in [0.1, 0.15) is 0 Å². The molecular weight excluding hydrogens is 1820 g/mol. The van der Waals surface area contributed by atoms with E-state index >= 15 is 0 Å². The van der Waals surface area contributed by atoms with E-state index in [0.717, 1.165) is 62.6 Å². The van der Waals surface area contributed by atoms with Gasteiger partial charge in [0.25, 0.3) is 0 Å². The summed E-state index contributed by atoms with van der Waals surface area (Å²) in [4.78, 5) is 7.26. The first-order valence-electron chi connectivity index (χ1n) is 51.6. The van der Waals surface area contributed by atoms with E-state index in [9.17, 15) is 0 Å². The molecule has 3 aliphatic rings. The highest BCUT2D eigenvalue weighted by Crippen LogP contribution is 2.58. The SMILES string of the molecule is CC1(c2ccc(N(c3ccc4c(c3)sc3ccccc34)c3ccc4c(c3)c3ccccc3n4-c3ccccc3)cc2)c2ccccc2-c2ccccc21.CC1(c2cccc(N(c3ccc4ccccc4c3)c3ccc4c(c3)c3ccccc3n4-c3ccccc3)c2)c2ccccc2-c2ccccc21.CC1(c2cccc(N(c3ccccc3)c3ccc4c(c3)c3ccccc3n4-c3ccccc3)c2)c2ccccc2-c2ccccc21. The molecule has 27 aromatic rings.